The van der Waals surface area contributed by atoms with Gasteiger partial charge in [0, 0.05) is 54.3 Å². The van der Waals surface area contributed by atoms with Crippen molar-refractivity contribution in [2.24, 2.45) is 0 Å². The van der Waals surface area contributed by atoms with Gasteiger partial charge in [-0.25, -0.2) is 8.78 Å². The van der Waals surface area contributed by atoms with Gasteiger partial charge in [-0.2, -0.15) is 0 Å². The van der Waals surface area contributed by atoms with Crippen LogP contribution in [0.25, 0.3) is 33.2 Å². The van der Waals surface area contributed by atoms with Crippen LogP contribution in [0.3, 0.4) is 0 Å². The number of H-pyrrole nitrogens is 1. The van der Waals surface area contributed by atoms with Crippen LogP contribution in [0.15, 0.2) is 36.4 Å². The van der Waals surface area contributed by atoms with E-state index in [2.05, 4.69) is 26.3 Å². The van der Waals surface area contributed by atoms with Crippen LogP contribution in [0.1, 0.15) is 77.7 Å². The normalized spacial score (nSPS) is 27.2. The Kier molecular flexibility index (Phi) is 17.1. The van der Waals surface area contributed by atoms with Crippen molar-refractivity contribution in [2.45, 2.75) is 164 Å². The molecule has 2 aromatic heterocycles. The molecule has 0 saturated carbocycles. The number of carbonyl (C=O) groups is 4. The average molecular weight is 1010 g/mol. The lowest BCUT2D eigenvalue weighted by molar-refractivity contribution is -0.238. The van der Waals surface area contributed by atoms with Crippen molar-refractivity contribution in [2.75, 3.05) is 27.2 Å². The molecule has 3 saturated heterocycles. The van der Waals surface area contributed by atoms with Crippen LogP contribution in [0.2, 0.25) is 0 Å². The second-order valence-corrected chi connectivity index (χ2v) is 20.0. The number of nitrogens with one attached hydrogen (secondary N) is 5. The highest BCUT2D eigenvalue weighted by Gasteiger charge is 2.47. The summed E-state index contributed by atoms with van der Waals surface area (Å²) < 4.78 is 38.8. The first-order valence-electron chi connectivity index (χ1n) is 24.6. The number of rotatable bonds is 18. The molecule has 0 radical (unpaired) electrons. The first kappa shape index (κ1) is 54.6. The monoisotopic (exact) mass is 1010 g/mol. The van der Waals surface area contributed by atoms with Crippen molar-refractivity contribution in [3.05, 3.63) is 59.2 Å². The zero-order valence-electron chi connectivity index (χ0n) is 41.6. The lowest BCUT2D eigenvalue weighted by Gasteiger charge is -2.40. The van der Waals surface area contributed by atoms with E-state index in [0.717, 1.165) is 0 Å². The largest absolute Gasteiger partial charge is 0.393 e. The zero-order chi connectivity index (χ0) is 52.6. The van der Waals surface area contributed by atoms with E-state index in [1.807, 2.05) is 0 Å². The summed E-state index contributed by atoms with van der Waals surface area (Å²) in [5.41, 5.74) is 1.77. The Morgan fingerprint density at radius 3 is 1.69 bits per heavy atom. The summed E-state index contributed by atoms with van der Waals surface area (Å²) >= 11 is 0. The number of hydrogen-bond acceptors (Lipinski definition) is 14. The number of hydrogen-bond donors (Lipinski definition) is 12. The summed E-state index contributed by atoms with van der Waals surface area (Å²) in [6.45, 7) is 7.38. The summed E-state index contributed by atoms with van der Waals surface area (Å²) in [5.74, 6) is -3.46. The van der Waals surface area contributed by atoms with Crippen molar-refractivity contribution in [1.82, 2.24) is 40.6 Å². The van der Waals surface area contributed by atoms with E-state index >= 15 is 8.78 Å². The molecule has 15 atom stereocenters. The summed E-state index contributed by atoms with van der Waals surface area (Å²) in [7, 11) is 3.16. The van der Waals surface area contributed by atoms with Crippen molar-refractivity contribution in [1.29, 1.82) is 0 Å². The van der Waals surface area contributed by atoms with Crippen LogP contribution in [-0.2, 0) is 36.8 Å². The first-order valence-corrected chi connectivity index (χ1v) is 24.6. The van der Waals surface area contributed by atoms with Crippen molar-refractivity contribution >= 4 is 45.4 Å². The van der Waals surface area contributed by atoms with Gasteiger partial charge in [-0.05, 0) is 122 Å². The Balaban J connectivity index is 1.43. The lowest BCUT2D eigenvalue weighted by Crippen LogP contribution is -2.54. The number of likely N-dealkylation sites (tertiary alicyclic amines) is 2. The van der Waals surface area contributed by atoms with Crippen LogP contribution in [0.4, 0.5) is 8.78 Å². The number of fused-ring (bicyclic) bond motifs is 2. The number of aliphatic hydroxyl groups is 7. The predicted octanol–water partition coefficient (Wildman–Crippen LogP) is -0.196. The quantitative estimate of drug-likeness (QED) is 0.0616. The molecule has 12 N–H and O–H groups in total. The number of nitrogens with zero attached hydrogens (tertiary/aromatic N) is 3. The molecule has 72 heavy (non-hydrogen) atoms. The van der Waals surface area contributed by atoms with Crippen molar-refractivity contribution in [3.8, 4) is 11.4 Å². The van der Waals surface area contributed by atoms with Gasteiger partial charge in [-0.3, -0.25) is 19.2 Å². The molecular formula is C50H70F2N8O12. The van der Waals surface area contributed by atoms with E-state index in [1.54, 1.807) is 27.9 Å². The molecule has 7 rings (SSSR count). The van der Waals surface area contributed by atoms with Gasteiger partial charge >= 0.3 is 0 Å². The highest BCUT2D eigenvalue weighted by atomic mass is 19.1. The third-order valence-electron chi connectivity index (χ3n) is 14.5. The molecule has 22 heteroatoms. The Labute approximate surface area is 415 Å². The van der Waals surface area contributed by atoms with E-state index in [9.17, 15) is 54.9 Å². The van der Waals surface area contributed by atoms with Gasteiger partial charge in [0.05, 0.1) is 59.5 Å². The molecule has 4 aromatic rings. The topological polar surface area (TPSA) is 294 Å². The highest BCUT2D eigenvalue weighted by Crippen LogP contribution is 2.45. The van der Waals surface area contributed by atoms with Crippen molar-refractivity contribution in [3.63, 3.8) is 0 Å². The molecule has 4 amide bonds. The Hall–Kier alpha value is -5.14. The van der Waals surface area contributed by atoms with Gasteiger partial charge in [-0.1, -0.05) is 0 Å². The molecule has 0 aliphatic carbocycles. The van der Waals surface area contributed by atoms with Crippen LogP contribution in [-0.4, -0.2) is 191 Å². The maximum atomic E-state index is 15.7. The molecule has 3 aliphatic heterocycles. The van der Waals surface area contributed by atoms with Gasteiger partial charge in [0.25, 0.3) is 0 Å². The number of halogens is 2. The van der Waals surface area contributed by atoms with E-state index in [-0.39, 0.29) is 74.0 Å². The molecule has 396 valence electrons. The Bertz CT molecular complexity index is 2610. The average Bonchev–Trinajstić information content (AvgIpc) is 4.08. The van der Waals surface area contributed by atoms with Gasteiger partial charge in [0.2, 0.25) is 23.6 Å². The summed E-state index contributed by atoms with van der Waals surface area (Å²) in [6.07, 6.45) is -12.1. The smallest absolute Gasteiger partial charge is 0.245 e. The van der Waals surface area contributed by atoms with Gasteiger partial charge in [-0.15, -0.1) is 0 Å². The number of likely N-dealkylation sites (N-methyl/N-ethyl adjacent to an activating group) is 2. The molecule has 3 aliphatic rings. The minimum Gasteiger partial charge on any atom is -0.393 e. The number of benzene rings is 2. The molecule has 0 bridgehead atoms. The lowest BCUT2D eigenvalue weighted by atomic mass is 9.94. The Morgan fingerprint density at radius 2 is 1.19 bits per heavy atom. The summed E-state index contributed by atoms with van der Waals surface area (Å²) in [4.78, 5) is 61.7. The molecule has 3 fully saturated rings. The first-order chi connectivity index (χ1) is 34.0. The maximum absolute atomic E-state index is 15.7. The van der Waals surface area contributed by atoms with Crippen LogP contribution >= 0.6 is 0 Å². The molecule has 20 nitrogen and oxygen atoms in total. The highest BCUT2D eigenvalue weighted by molar-refractivity contribution is 5.98. The summed E-state index contributed by atoms with van der Waals surface area (Å²) in [5, 5.41) is 89.5. The number of amides is 4. The predicted molar refractivity (Wildman–Crippen MR) is 260 cm³/mol. The third-order valence-corrected chi connectivity index (χ3v) is 14.5. The van der Waals surface area contributed by atoms with Gasteiger partial charge in [0.1, 0.15) is 42.0 Å². The maximum Gasteiger partial charge on any atom is 0.245 e. The fourth-order valence-electron chi connectivity index (χ4n) is 10.5. The Morgan fingerprint density at radius 1 is 0.708 bits per heavy atom. The van der Waals surface area contributed by atoms with Crippen LogP contribution in [0.5, 0.6) is 0 Å². The summed E-state index contributed by atoms with van der Waals surface area (Å²) in [6, 6.07) is 2.57. The fraction of sp³-hybridized carbons (Fsp3) is 0.600. The molecule has 1 unspecified atom stereocenters. The number of aromatic amines is 1. The van der Waals surface area contributed by atoms with E-state index < -0.39 is 127 Å². The van der Waals surface area contributed by atoms with Crippen molar-refractivity contribution < 1.29 is 68.4 Å². The van der Waals surface area contributed by atoms with Gasteiger partial charge < -0.3 is 81.1 Å². The zero-order valence-corrected chi connectivity index (χ0v) is 41.6. The number of carbonyl (C=O) groups excluding carboxylic acids is 4. The van der Waals surface area contributed by atoms with Crippen LogP contribution in [0, 0.1) is 11.6 Å². The minimum atomic E-state index is -1.83. The molecule has 2 aromatic carbocycles. The van der Waals surface area contributed by atoms with E-state index in [4.69, 9.17) is 4.74 Å². The number of aliphatic hydroxyl groups excluding tert-OH is 7. The van der Waals surface area contributed by atoms with E-state index in [1.165, 1.54) is 71.5 Å². The third kappa shape index (κ3) is 11.3. The van der Waals surface area contributed by atoms with Crippen LogP contribution < -0.4 is 21.3 Å². The number of β-amino-alcohol motifs (C(OH)–C–C–N with tert-alkyl or cyclic N) is 2. The molecular weight excluding hydrogens is 943 g/mol. The molecule has 0 spiro atoms. The SMILES string of the molecule is CN[C@@H](C)C(=O)N[C@@H](C[C@H](C)O)C(=O)N1C[C@@H](O)C[C@H]1Cc1c(-c2[nH]c3cc(F)ccc3c2C[C@@H]2C[C@H](O)CN2C(=O)[C@H](C[C@@H](C)O)NC(=O)[C@H](C)NC)n(C2O[C@@H](C)[C@@H](O)[C@@H](O)[C@@H]2O)c2cc(F)ccc12. The number of aromatic nitrogens is 2. The van der Waals surface area contributed by atoms with Gasteiger partial charge in [0.15, 0.2) is 6.23 Å². The molecule has 5 heterocycles. The standard InChI is InChI=1S/C50H70F2N8O12/c1-22(61)12-38(56-46(68)24(3)53-6)48(70)58-20-31(63)16-29(58)18-35-33-10-8-27(51)14-37(33)55-41(35)42-36(34-11-9-28(52)15-40(34)60(42)50-45(67)44(66)43(65)26(5)72-50)19-30-17-32(64)21-59(30)49(71)39(13-23(2)62)57-47(69)25(4)54-7/h8-11,14-15,22-26,29-32,38-39,43-45,50,53-55,61-67H,12-13,16-21H2,1-7H3,(H,56,68)(H,57,69)/t22-,23+,24+,25+,26+,29+,30+,31+,32+,38+,39+,43-,44-,45+,50?/m1/s1. The second-order valence-electron chi connectivity index (χ2n) is 20.0. The second kappa shape index (κ2) is 22.5. The fourth-order valence-corrected chi connectivity index (χ4v) is 10.5. The van der Waals surface area contributed by atoms with E-state index in [0.29, 0.717) is 21.9 Å². The minimum absolute atomic E-state index is 0.0221. The number of ether oxygens (including phenoxy) is 1.